The lowest BCUT2D eigenvalue weighted by molar-refractivity contribution is -0.137. The Kier molecular flexibility index (Phi) is 3.46. The van der Waals surface area contributed by atoms with Gasteiger partial charge < -0.3 is 9.84 Å². The van der Waals surface area contributed by atoms with E-state index in [0.717, 1.165) is 5.56 Å². The van der Waals surface area contributed by atoms with Gasteiger partial charge in [0.25, 0.3) is 0 Å². The third-order valence-corrected chi connectivity index (χ3v) is 2.87. The van der Waals surface area contributed by atoms with Gasteiger partial charge in [-0.25, -0.2) is 4.79 Å². The number of ether oxygens (including phenoxy) is 1. The van der Waals surface area contributed by atoms with Crippen LogP contribution in [0.15, 0.2) is 29.8 Å². The SMILES string of the molecule is CCOC(=O)C=C1CCc2cc(O)ccc2C1=O. The van der Waals surface area contributed by atoms with Crippen LogP contribution in [0.5, 0.6) is 5.75 Å². The van der Waals surface area contributed by atoms with Gasteiger partial charge in [0.2, 0.25) is 0 Å². The zero-order valence-electron chi connectivity index (χ0n) is 10.1. The van der Waals surface area contributed by atoms with Gasteiger partial charge in [0.1, 0.15) is 5.75 Å². The molecule has 1 aromatic rings. The van der Waals surface area contributed by atoms with Gasteiger partial charge in [0.05, 0.1) is 6.61 Å². The van der Waals surface area contributed by atoms with E-state index in [2.05, 4.69) is 0 Å². The zero-order chi connectivity index (χ0) is 13.1. The van der Waals surface area contributed by atoms with Crippen LogP contribution < -0.4 is 0 Å². The predicted octanol–water partition coefficient (Wildman–Crippen LogP) is 2.01. The highest BCUT2D eigenvalue weighted by Crippen LogP contribution is 2.27. The zero-order valence-corrected chi connectivity index (χ0v) is 10.1. The summed E-state index contributed by atoms with van der Waals surface area (Å²) in [5, 5.41) is 9.36. The van der Waals surface area contributed by atoms with Crippen molar-refractivity contribution >= 4 is 11.8 Å². The van der Waals surface area contributed by atoms with E-state index in [1.165, 1.54) is 12.1 Å². The van der Waals surface area contributed by atoms with E-state index in [-0.39, 0.29) is 11.5 Å². The predicted molar refractivity (Wildman–Crippen MR) is 65.5 cm³/mol. The van der Waals surface area contributed by atoms with E-state index >= 15 is 0 Å². The van der Waals surface area contributed by atoms with Crippen molar-refractivity contribution in [3.05, 3.63) is 41.0 Å². The summed E-state index contributed by atoms with van der Waals surface area (Å²) < 4.78 is 4.79. The number of rotatable bonds is 2. The molecule has 0 radical (unpaired) electrons. The summed E-state index contributed by atoms with van der Waals surface area (Å²) in [6.07, 6.45) is 2.40. The van der Waals surface area contributed by atoms with Crippen molar-refractivity contribution in [3.63, 3.8) is 0 Å². The maximum atomic E-state index is 12.1. The number of ketones is 1. The van der Waals surface area contributed by atoms with Crippen LogP contribution in [0.25, 0.3) is 0 Å². The number of fused-ring (bicyclic) bond motifs is 1. The van der Waals surface area contributed by atoms with E-state index in [9.17, 15) is 14.7 Å². The van der Waals surface area contributed by atoms with E-state index in [1.54, 1.807) is 19.1 Å². The van der Waals surface area contributed by atoms with Gasteiger partial charge in [-0.2, -0.15) is 0 Å². The number of carbonyl (C=O) groups is 2. The Hall–Kier alpha value is -2.10. The van der Waals surface area contributed by atoms with Crippen LogP contribution in [0.2, 0.25) is 0 Å². The average Bonchev–Trinajstić information content (AvgIpc) is 2.33. The number of benzene rings is 1. The molecule has 0 aromatic heterocycles. The largest absolute Gasteiger partial charge is 0.508 e. The quantitative estimate of drug-likeness (QED) is 0.640. The number of phenolic OH excluding ortho intramolecular Hbond substituents is 1. The van der Waals surface area contributed by atoms with Crippen LogP contribution in [-0.2, 0) is 16.0 Å². The first-order valence-electron chi connectivity index (χ1n) is 5.85. The van der Waals surface area contributed by atoms with Gasteiger partial charge in [0, 0.05) is 17.2 Å². The molecule has 0 spiro atoms. The van der Waals surface area contributed by atoms with Gasteiger partial charge >= 0.3 is 5.97 Å². The van der Waals surface area contributed by atoms with E-state index in [0.29, 0.717) is 30.6 Å². The third kappa shape index (κ3) is 2.42. The molecule has 0 saturated carbocycles. The van der Waals surface area contributed by atoms with Crippen molar-refractivity contribution in [2.24, 2.45) is 0 Å². The summed E-state index contributed by atoms with van der Waals surface area (Å²) in [5.74, 6) is -0.494. The number of esters is 1. The topological polar surface area (TPSA) is 63.6 Å². The number of carbonyl (C=O) groups excluding carboxylic acids is 2. The standard InChI is InChI=1S/C14H14O4/c1-2-18-13(16)8-10-4-3-9-7-11(15)5-6-12(9)14(10)17/h5-8,15H,2-4H2,1H3. The third-order valence-electron chi connectivity index (χ3n) is 2.87. The molecule has 4 nitrogen and oxygen atoms in total. The summed E-state index contributed by atoms with van der Waals surface area (Å²) in [7, 11) is 0. The molecule has 4 heteroatoms. The van der Waals surface area contributed by atoms with Crippen molar-refractivity contribution in [1.29, 1.82) is 0 Å². The molecule has 0 bridgehead atoms. The summed E-state index contributed by atoms with van der Waals surface area (Å²) in [5.41, 5.74) is 1.84. The second-order valence-corrected chi connectivity index (χ2v) is 4.09. The molecule has 1 aromatic carbocycles. The summed E-state index contributed by atoms with van der Waals surface area (Å²) >= 11 is 0. The van der Waals surface area contributed by atoms with Gasteiger partial charge in [-0.1, -0.05) is 0 Å². The van der Waals surface area contributed by atoms with E-state index < -0.39 is 5.97 Å². The minimum Gasteiger partial charge on any atom is -0.508 e. The average molecular weight is 246 g/mol. The number of Topliss-reactive ketones (excluding diaryl/α,β-unsaturated/α-hetero) is 1. The molecular weight excluding hydrogens is 232 g/mol. The van der Waals surface area contributed by atoms with Crippen LogP contribution in [0.4, 0.5) is 0 Å². The first kappa shape index (κ1) is 12.4. The van der Waals surface area contributed by atoms with Crippen molar-refractivity contribution in [2.45, 2.75) is 19.8 Å². The van der Waals surface area contributed by atoms with Gasteiger partial charge in [-0.15, -0.1) is 0 Å². The van der Waals surface area contributed by atoms with Crippen LogP contribution >= 0.6 is 0 Å². The summed E-state index contributed by atoms with van der Waals surface area (Å²) in [4.78, 5) is 23.4. The maximum Gasteiger partial charge on any atom is 0.331 e. The molecule has 0 atom stereocenters. The van der Waals surface area contributed by atoms with E-state index in [4.69, 9.17) is 4.74 Å². The lowest BCUT2D eigenvalue weighted by Crippen LogP contribution is -2.15. The molecule has 1 aliphatic carbocycles. The Labute approximate surface area is 105 Å². The Morgan fingerprint density at radius 3 is 2.94 bits per heavy atom. The smallest absolute Gasteiger partial charge is 0.331 e. The van der Waals surface area contributed by atoms with Crippen molar-refractivity contribution in [1.82, 2.24) is 0 Å². The Balaban J connectivity index is 2.28. The second-order valence-electron chi connectivity index (χ2n) is 4.09. The molecule has 0 unspecified atom stereocenters. The molecule has 94 valence electrons. The molecule has 1 aliphatic rings. The molecule has 0 saturated heterocycles. The number of aromatic hydroxyl groups is 1. The number of aryl methyl sites for hydroxylation is 1. The molecular formula is C14H14O4. The molecule has 0 heterocycles. The monoisotopic (exact) mass is 246 g/mol. The van der Waals surface area contributed by atoms with Crippen LogP contribution in [0.1, 0.15) is 29.3 Å². The lowest BCUT2D eigenvalue weighted by Gasteiger charge is -2.17. The Morgan fingerprint density at radius 2 is 2.22 bits per heavy atom. The van der Waals surface area contributed by atoms with Gasteiger partial charge in [-0.3, -0.25) is 4.79 Å². The molecule has 18 heavy (non-hydrogen) atoms. The first-order chi connectivity index (χ1) is 8.61. The first-order valence-corrected chi connectivity index (χ1v) is 5.85. The minimum absolute atomic E-state index is 0.152. The van der Waals surface area contributed by atoms with Gasteiger partial charge in [0.15, 0.2) is 5.78 Å². The maximum absolute atomic E-state index is 12.1. The normalized spacial score (nSPS) is 16.5. The van der Waals surface area contributed by atoms with Crippen molar-refractivity contribution in [2.75, 3.05) is 6.61 Å². The molecule has 1 N–H and O–H groups in total. The highest BCUT2D eigenvalue weighted by Gasteiger charge is 2.22. The highest BCUT2D eigenvalue weighted by molar-refractivity contribution is 6.13. The fourth-order valence-electron chi connectivity index (χ4n) is 2.03. The Bertz CT molecular complexity index is 529. The lowest BCUT2D eigenvalue weighted by atomic mass is 9.86. The molecule has 0 amide bonds. The fourth-order valence-corrected chi connectivity index (χ4v) is 2.03. The molecule has 0 aliphatic heterocycles. The van der Waals surface area contributed by atoms with Crippen LogP contribution in [0.3, 0.4) is 0 Å². The van der Waals surface area contributed by atoms with Crippen molar-refractivity contribution in [3.8, 4) is 5.75 Å². The van der Waals surface area contributed by atoms with Crippen LogP contribution in [0, 0.1) is 0 Å². The summed E-state index contributed by atoms with van der Waals surface area (Å²) in [6, 6.07) is 4.66. The van der Waals surface area contributed by atoms with Crippen LogP contribution in [-0.4, -0.2) is 23.5 Å². The highest BCUT2D eigenvalue weighted by atomic mass is 16.5. The minimum atomic E-state index is -0.483. The number of phenols is 1. The van der Waals surface area contributed by atoms with E-state index in [1.807, 2.05) is 0 Å². The number of hydrogen-bond donors (Lipinski definition) is 1. The number of allylic oxidation sites excluding steroid dienone is 1. The molecule has 2 rings (SSSR count). The van der Waals surface area contributed by atoms with Crippen molar-refractivity contribution < 1.29 is 19.4 Å². The fraction of sp³-hybridized carbons (Fsp3) is 0.286. The molecule has 0 fully saturated rings. The Morgan fingerprint density at radius 1 is 1.44 bits per heavy atom. The summed E-state index contributed by atoms with van der Waals surface area (Å²) in [6.45, 7) is 2.01. The van der Waals surface area contributed by atoms with Gasteiger partial charge in [-0.05, 0) is 43.5 Å². The number of hydrogen-bond acceptors (Lipinski definition) is 4. The second kappa shape index (κ2) is 5.04.